The maximum Gasteiger partial charge on any atom is 0.443 e. The first kappa shape index (κ1) is 16.8. The molecule has 7 heteroatoms. The van der Waals surface area contributed by atoms with Crippen molar-refractivity contribution in [3.63, 3.8) is 0 Å². The van der Waals surface area contributed by atoms with Crippen LogP contribution in [-0.2, 0) is 11.2 Å². The molecule has 1 aromatic rings. The Morgan fingerprint density at radius 2 is 1.80 bits per heavy atom. The average molecular weight is 288 g/mol. The Morgan fingerprint density at radius 3 is 2.25 bits per heavy atom. The summed E-state index contributed by atoms with van der Waals surface area (Å²) in [5, 5.41) is 9.40. The van der Waals surface area contributed by atoms with Gasteiger partial charge in [0, 0.05) is 13.5 Å². The van der Waals surface area contributed by atoms with Crippen LogP contribution < -0.4 is 4.74 Å². The summed E-state index contributed by atoms with van der Waals surface area (Å²) < 4.78 is 47.3. The first-order chi connectivity index (χ1) is 9.32. The molecule has 0 aliphatic rings. The molecule has 0 bridgehead atoms. The van der Waals surface area contributed by atoms with E-state index in [-0.39, 0.29) is 6.42 Å². The lowest BCUT2D eigenvalue weighted by molar-refractivity contribution is -0.359. The van der Waals surface area contributed by atoms with Crippen LogP contribution in [0.15, 0.2) is 24.3 Å². The van der Waals surface area contributed by atoms with Gasteiger partial charge in [-0.05, 0) is 24.1 Å². The van der Waals surface area contributed by atoms with Crippen LogP contribution in [0.2, 0.25) is 6.32 Å². The van der Waals surface area contributed by atoms with Gasteiger partial charge in [0.1, 0.15) is 5.75 Å². The highest BCUT2D eigenvalue weighted by molar-refractivity contribution is 6.08. The minimum absolute atomic E-state index is 0.0288. The molecule has 2 radical (unpaired) electrons. The average Bonchev–Trinajstić information content (AvgIpc) is 2.42. The van der Waals surface area contributed by atoms with E-state index in [1.807, 2.05) is 0 Å². The Bertz CT molecular complexity index is 408. The molecule has 0 aromatic heterocycles. The van der Waals surface area contributed by atoms with E-state index < -0.39 is 18.4 Å². The fourth-order valence-corrected chi connectivity index (χ4v) is 1.60. The molecule has 1 rings (SSSR count). The summed E-state index contributed by atoms with van der Waals surface area (Å²) in [4.78, 5) is 0. The smallest absolute Gasteiger partial charge is 0.443 e. The molecule has 1 aromatic carbocycles. The Hall–Kier alpha value is -1.21. The number of aliphatic hydroxyl groups is 1. The number of rotatable bonds is 7. The van der Waals surface area contributed by atoms with Crippen LogP contribution >= 0.6 is 0 Å². The van der Waals surface area contributed by atoms with Crippen molar-refractivity contribution in [2.75, 3.05) is 13.7 Å². The van der Waals surface area contributed by atoms with Gasteiger partial charge in [-0.1, -0.05) is 18.5 Å². The van der Waals surface area contributed by atoms with Crippen molar-refractivity contribution in [3.05, 3.63) is 29.8 Å². The van der Waals surface area contributed by atoms with Gasteiger partial charge in [-0.25, -0.2) is 0 Å². The second-order valence-corrected chi connectivity index (χ2v) is 4.27. The van der Waals surface area contributed by atoms with Crippen LogP contribution in [0, 0.1) is 0 Å². The van der Waals surface area contributed by atoms with E-state index in [4.69, 9.17) is 12.6 Å². The zero-order chi connectivity index (χ0) is 15.2. The molecule has 20 heavy (non-hydrogen) atoms. The van der Waals surface area contributed by atoms with Gasteiger partial charge in [-0.3, -0.25) is 0 Å². The molecule has 0 fully saturated rings. The molecule has 0 heterocycles. The molecule has 0 saturated heterocycles. The van der Waals surface area contributed by atoms with Gasteiger partial charge in [0.25, 0.3) is 5.79 Å². The summed E-state index contributed by atoms with van der Waals surface area (Å²) in [6, 6.07) is 6.56. The van der Waals surface area contributed by atoms with Gasteiger partial charge in [0.15, 0.2) is 0 Å². The fourth-order valence-electron chi connectivity index (χ4n) is 1.60. The number of ether oxygens (including phenoxy) is 2. The first-order valence-electron chi connectivity index (χ1n) is 6.08. The number of benzene rings is 1. The third-order valence-corrected chi connectivity index (χ3v) is 2.84. The number of aryl methyl sites for hydroxylation is 1. The van der Waals surface area contributed by atoms with Gasteiger partial charge < -0.3 is 14.6 Å². The molecular formula is C13H16BF3O3. The number of methoxy groups -OCH3 is 1. The Kier molecular flexibility index (Phi) is 5.89. The molecule has 0 aliphatic carbocycles. The molecule has 1 unspecified atom stereocenters. The van der Waals surface area contributed by atoms with Crippen molar-refractivity contribution >= 4 is 7.85 Å². The van der Waals surface area contributed by atoms with Crippen LogP contribution in [0.3, 0.4) is 0 Å². The van der Waals surface area contributed by atoms with Gasteiger partial charge in [0.05, 0.1) is 14.5 Å². The van der Waals surface area contributed by atoms with E-state index >= 15 is 0 Å². The lowest BCUT2D eigenvalue weighted by Crippen LogP contribution is -2.47. The lowest BCUT2D eigenvalue weighted by Gasteiger charge is -2.28. The minimum atomic E-state index is -4.83. The van der Waals surface area contributed by atoms with Gasteiger partial charge >= 0.3 is 6.18 Å². The van der Waals surface area contributed by atoms with Crippen molar-refractivity contribution in [2.24, 2.45) is 0 Å². The third kappa shape index (κ3) is 4.42. The molecule has 3 nitrogen and oxygen atoms in total. The molecule has 110 valence electrons. The second-order valence-electron chi connectivity index (χ2n) is 4.27. The zero-order valence-electron chi connectivity index (χ0n) is 11.1. The number of hydrogen-bond acceptors (Lipinski definition) is 3. The quantitative estimate of drug-likeness (QED) is 0.619. The molecule has 0 spiro atoms. The SMILES string of the molecule is [B]CCOc1ccc(CCC(O)(OC)C(F)(F)F)cc1. The number of hydrogen-bond donors (Lipinski definition) is 1. The second kappa shape index (κ2) is 6.99. The maximum atomic E-state index is 12.6. The van der Waals surface area contributed by atoms with Gasteiger partial charge in [0.2, 0.25) is 0 Å². The van der Waals surface area contributed by atoms with Crippen LogP contribution in [0.4, 0.5) is 13.2 Å². The fraction of sp³-hybridized carbons (Fsp3) is 0.538. The van der Waals surface area contributed by atoms with Crippen LogP contribution in [-0.4, -0.2) is 38.6 Å². The predicted octanol–water partition coefficient (Wildman–Crippen LogP) is 2.48. The highest BCUT2D eigenvalue weighted by atomic mass is 19.4. The van der Waals surface area contributed by atoms with E-state index in [1.165, 1.54) is 0 Å². The monoisotopic (exact) mass is 288 g/mol. The van der Waals surface area contributed by atoms with E-state index in [9.17, 15) is 18.3 Å². The van der Waals surface area contributed by atoms with Crippen LogP contribution in [0.5, 0.6) is 5.75 Å². The zero-order valence-corrected chi connectivity index (χ0v) is 11.1. The van der Waals surface area contributed by atoms with E-state index in [0.29, 0.717) is 24.2 Å². The largest absolute Gasteiger partial charge is 0.494 e. The summed E-state index contributed by atoms with van der Waals surface area (Å²) in [5.41, 5.74) is 0.643. The summed E-state index contributed by atoms with van der Waals surface area (Å²) in [5.74, 6) is -2.53. The Morgan fingerprint density at radius 1 is 1.20 bits per heavy atom. The van der Waals surface area contributed by atoms with Crippen LogP contribution in [0.1, 0.15) is 12.0 Å². The highest BCUT2D eigenvalue weighted by Crippen LogP contribution is 2.34. The summed E-state index contributed by atoms with van der Waals surface area (Å²) in [7, 11) is 6.12. The summed E-state index contributed by atoms with van der Waals surface area (Å²) in [6.07, 6.45) is -4.99. The topological polar surface area (TPSA) is 38.7 Å². The normalized spacial score (nSPS) is 14.8. The van der Waals surface area contributed by atoms with Crippen molar-refractivity contribution in [2.45, 2.75) is 31.1 Å². The molecule has 1 N–H and O–H groups in total. The number of alkyl halides is 3. The highest BCUT2D eigenvalue weighted by Gasteiger charge is 2.54. The maximum absolute atomic E-state index is 12.6. The van der Waals surface area contributed by atoms with E-state index in [2.05, 4.69) is 4.74 Å². The summed E-state index contributed by atoms with van der Waals surface area (Å²) >= 11 is 0. The predicted molar refractivity (Wildman–Crippen MR) is 68.8 cm³/mol. The summed E-state index contributed by atoms with van der Waals surface area (Å²) in [6.45, 7) is 0.372. The minimum Gasteiger partial charge on any atom is -0.494 e. The van der Waals surface area contributed by atoms with Gasteiger partial charge in [-0.15, -0.1) is 0 Å². The van der Waals surface area contributed by atoms with Crippen LogP contribution in [0.25, 0.3) is 0 Å². The lowest BCUT2D eigenvalue weighted by atomic mass is 10.0. The standard InChI is InChI=1S/C13H16BF3O3/c1-19-12(18,13(15,16)17)7-6-10-2-4-11(5-3-10)20-9-8-14/h2-5,18H,6-9H2,1H3. The Balaban J connectivity index is 2.61. The first-order valence-corrected chi connectivity index (χ1v) is 6.08. The van der Waals surface area contributed by atoms with E-state index in [0.717, 1.165) is 7.11 Å². The molecule has 0 aliphatic heterocycles. The Labute approximate surface area is 117 Å². The van der Waals surface area contributed by atoms with Crippen molar-refractivity contribution < 1.29 is 27.8 Å². The van der Waals surface area contributed by atoms with Gasteiger partial charge in [-0.2, -0.15) is 13.2 Å². The van der Waals surface area contributed by atoms with E-state index in [1.54, 1.807) is 24.3 Å². The molecular weight excluding hydrogens is 272 g/mol. The molecule has 1 atom stereocenters. The molecule has 0 amide bonds. The van der Waals surface area contributed by atoms with Crippen molar-refractivity contribution in [1.29, 1.82) is 0 Å². The third-order valence-electron chi connectivity index (χ3n) is 2.84. The van der Waals surface area contributed by atoms with Crippen molar-refractivity contribution in [3.8, 4) is 5.75 Å². The molecule has 0 saturated carbocycles. The number of halogens is 3. The van der Waals surface area contributed by atoms with Crippen molar-refractivity contribution in [1.82, 2.24) is 0 Å².